The van der Waals surface area contributed by atoms with Crippen molar-refractivity contribution >= 4 is 109 Å². The molecular formula is C48H31ClN2S2. The van der Waals surface area contributed by atoms with Crippen LogP contribution in [0.15, 0.2) is 188 Å². The van der Waals surface area contributed by atoms with Crippen LogP contribution in [0.4, 0.5) is 34.1 Å². The van der Waals surface area contributed by atoms with Crippen molar-refractivity contribution in [1.82, 2.24) is 0 Å². The summed E-state index contributed by atoms with van der Waals surface area (Å²) in [6.07, 6.45) is 0. The maximum Gasteiger partial charge on any atom is 0.0519 e. The van der Waals surface area contributed by atoms with E-state index in [0.29, 0.717) is 0 Å². The third-order valence-electron chi connectivity index (χ3n) is 9.89. The van der Waals surface area contributed by atoms with Gasteiger partial charge in [0, 0.05) is 74.5 Å². The molecule has 5 heteroatoms. The summed E-state index contributed by atoms with van der Waals surface area (Å²) in [5, 5.41) is 5.57. The quantitative estimate of drug-likeness (QED) is 0.161. The summed E-state index contributed by atoms with van der Waals surface area (Å²) in [5.41, 5.74) is 8.96. The van der Waals surface area contributed by atoms with E-state index < -0.39 is 0 Å². The average molecular weight is 735 g/mol. The fraction of sp³-hybridized carbons (Fsp3) is 0. The van der Waals surface area contributed by atoms with Crippen molar-refractivity contribution in [3.8, 4) is 11.1 Å². The molecule has 10 rings (SSSR count). The minimum absolute atomic E-state index is 0.762. The maximum absolute atomic E-state index is 7.16. The van der Waals surface area contributed by atoms with Crippen molar-refractivity contribution < 1.29 is 0 Å². The fourth-order valence-electron chi connectivity index (χ4n) is 7.43. The van der Waals surface area contributed by atoms with Gasteiger partial charge < -0.3 is 9.80 Å². The Bertz CT molecular complexity index is 2860. The van der Waals surface area contributed by atoms with Gasteiger partial charge in [0.25, 0.3) is 0 Å². The molecule has 0 amide bonds. The zero-order valence-electron chi connectivity index (χ0n) is 28.5. The number of para-hydroxylation sites is 2. The van der Waals surface area contributed by atoms with Gasteiger partial charge >= 0.3 is 0 Å². The molecule has 0 aliphatic rings. The first kappa shape index (κ1) is 31.8. The van der Waals surface area contributed by atoms with E-state index in [1.54, 1.807) is 11.3 Å². The van der Waals surface area contributed by atoms with Gasteiger partial charge in [-0.05, 0) is 96.1 Å². The molecule has 0 aliphatic carbocycles. The number of rotatable bonds is 7. The molecule has 2 aromatic heterocycles. The highest BCUT2D eigenvalue weighted by Gasteiger charge is 2.20. The molecule has 2 heterocycles. The standard InChI is InChI=1S/C48H31ClN2S2/c49-43-29-39(31-47-48(43)41-18-10-11-19-44(41)53-47)51(36-22-20-33(21-23-36)32-12-4-1-5-13-32)38-24-26-40-42-28-37(25-27-45(42)52-46(40)30-38)50(34-14-6-2-7-15-34)35-16-8-3-9-17-35/h1-31H. The van der Waals surface area contributed by atoms with Crippen LogP contribution in [-0.2, 0) is 0 Å². The van der Waals surface area contributed by atoms with Gasteiger partial charge in [0.15, 0.2) is 0 Å². The second-order valence-corrected chi connectivity index (χ2v) is 15.7. The molecule has 10 aromatic rings. The third kappa shape index (κ3) is 5.73. The minimum atomic E-state index is 0.762. The van der Waals surface area contributed by atoms with Crippen LogP contribution in [-0.4, -0.2) is 0 Å². The largest absolute Gasteiger partial charge is 0.310 e. The van der Waals surface area contributed by atoms with Crippen molar-refractivity contribution in [1.29, 1.82) is 0 Å². The van der Waals surface area contributed by atoms with Crippen LogP contribution in [0, 0.1) is 0 Å². The number of benzene rings is 8. The van der Waals surface area contributed by atoms with Gasteiger partial charge in [-0.3, -0.25) is 0 Å². The Morgan fingerprint density at radius 1 is 0.321 bits per heavy atom. The van der Waals surface area contributed by atoms with Crippen LogP contribution in [0.25, 0.3) is 51.5 Å². The molecule has 0 N–H and O–H groups in total. The molecule has 0 saturated carbocycles. The SMILES string of the molecule is Clc1cc(N(c2ccc(-c3ccccc3)cc2)c2ccc3c(c2)sc2ccc(N(c4ccccc4)c4ccccc4)cc23)cc2sc3ccccc3c12. The predicted molar refractivity (Wildman–Crippen MR) is 232 cm³/mol. The van der Waals surface area contributed by atoms with Crippen molar-refractivity contribution in [3.63, 3.8) is 0 Å². The van der Waals surface area contributed by atoms with Gasteiger partial charge in [-0.2, -0.15) is 0 Å². The Hall–Kier alpha value is -5.91. The lowest BCUT2D eigenvalue weighted by molar-refractivity contribution is 1.29. The highest BCUT2D eigenvalue weighted by atomic mass is 35.5. The number of nitrogens with zero attached hydrogens (tertiary/aromatic N) is 2. The number of fused-ring (bicyclic) bond motifs is 6. The van der Waals surface area contributed by atoms with Gasteiger partial charge in [-0.1, -0.05) is 115 Å². The van der Waals surface area contributed by atoms with Crippen LogP contribution in [0.5, 0.6) is 0 Å². The van der Waals surface area contributed by atoms with E-state index >= 15 is 0 Å². The smallest absolute Gasteiger partial charge is 0.0519 e. The molecule has 0 fully saturated rings. The number of hydrogen-bond acceptors (Lipinski definition) is 4. The molecule has 0 bridgehead atoms. The van der Waals surface area contributed by atoms with E-state index in [1.807, 2.05) is 11.3 Å². The summed E-state index contributed by atoms with van der Waals surface area (Å²) < 4.78 is 4.91. The van der Waals surface area contributed by atoms with Crippen LogP contribution in [0.2, 0.25) is 5.02 Å². The van der Waals surface area contributed by atoms with Gasteiger partial charge in [0.1, 0.15) is 0 Å². The van der Waals surface area contributed by atoms with Crippen molar-refractivity contribution in [3.05, 3.63) is 193 Å². The number of thiophene rings is 2. The Kier molecular flexibility index (Phi) is 7.95. The summed E-state index contributed by atoms with van der Waals surface area (Å²) in [4.78, 5) is 4.66. The molecule has 2 nitrogen and oxygen atoms in total. The van der Waals surface area contributed by atoms with Gasteiger partial charge in [-0.25, -0.2) is 0 Å². The maximum atomic E-state index is 7.16. The van der Waals surface area contributed by atoms with E-state index in [4.69, 9.17) is 11.6 Å². The zero-order valence-corrected chi connectivity index (χ0v) is 30.9. The number of anilines is 6. The summed E-state index contributed by atoms with van der Waals surface area (Å²) >= 11 is 10.8. The Morgan fingerprint density at radius 3 is 1.57 bits per heavy atom. The van der Waals surface area contributed by atoms with E-state index in [1.165, 1.54) is 46.1 Å². The first-order valence-corrected chi connectivity index (χ1v) is 19.6. The monoisotopic (exact) mass is 734 g/mol. The highest BCUT2D eigenvalue weighted by Crippen LogP contribution is 2.46. The molecule has 0 spiro atoms. The van der Waals surface area contributed by atoms with Crippen LogP contribution < -0.4 is 9.80 Å². The molecule has 53 heavy (non-hydrogen) atoms. The molecule has 0 atom stereocenters. The van der Waals surface area contributed by atoms with Gasteiger partial charge in [-0.15, -0.1) is 22.7 Å². The molecule has 252 valence electrons. The molecule has 0 aliphatic heterocycles. The molecular weight excluding hydrogens is 704 g/mol. The Labute approximate surface area is 321 Å². The van der Waals surface area contributed by atoms with Crippen LogP contribution in [0.1, 0.15) is 0 Å². The summed E-state index contributed by atoms with van der Waals surface area (Å²) in [5.74, 6) is 0. The first-order chi connectivity index (χ1) is 26.2. The van der Waals surface area contributed by atoms with E-state index in [2.05, 4.69) is 198 Å². The Balaban J connectivity index is 1.11. The number of halogens is 1. The predicted octanol–water partition coefficient (Wildman–Crippen LogP) is 15.7. The lowest BCUT2D eigenvalue weighted by Gasteiger charge is -2.26. The third-order valence-corrected chi connectivity index (χ3v) is 12.4. The second-order valence-electron chi connectivity index (χ2n) is 13.1. The summed E-state index contributed by atoms with van der Waals surface area (Å²) in [6.45, 7) is 0. The Morgan fingerprint density at radius 2 is 0.830 bits per heavy atom. The topological polar surface area (TPSA) is 6.48 Å². The molecule has 0 saturated heterocycles. The van der Waals surface area contributed by atoms with E-state index in [9.17, 15) is 0 Å². The minimum Gasteiger partial charge on any atom is -0.310 e. The van der Waals surface area contributed by atoms with E-state index in [0.717, 1.165) is 44.5 Å². The van der Waals surface area contributed by atoms with E-state index in [-0.39, 0.29) is 0 Å². The fourth-order valence-corrected chi connectivity index (χ4v) is 10.1. The van der Waals surface area contributed by atoms with Gasteiger partial charge in [0.2, 0.25) is 0 Å². The van der Waals surface area contributed by atoms with Crippen molar-refractivity contribution in [2.75, 3.05) is 9.80 Å². The van der Waals surface area contributed by atoms with Crippen LogP contribution >= 0.6 is 34.3 Å². The summed E-state index contributed by atoms with van der Waals surface area (Å²) in [6, 6.07) is 67.2. The summed E-state index contributed by atoms with van der Waals surface area (Å²) in [7, 11) is 0. The van der Waals surface area contributed by atoms with Crippen molar-refractivity contribution in [2.45, 2.75) is 0 Å². The first-order valence-electron chi connectivity index (χ1n) is 17.6. The molecule has 8 aromatic carbocycles. The lowest BCUT2D eigenvalue weighted by atomic mass is 10.0. The second kappa shape index (κ2) is 13.3. The molecule has 0 unspecified atom stereocenters. The van der Waals surface area contributed by atoms with Crippen LogP contribution in [0.3, 0.4) is 0 Å². The molecule has 0 radical (unpaired) electrons. The highest BCUT2D eigenvalue weighted by molar-refractivity contribution is 7.26. The van der Waals surface area contributed by atoms with Crippen molar-refractivity contribution in [2.24, 2.45) is 0 Å². The number of hydrogen-bond donors (Lipinski definition) is 0. The zero-order chi connectivity index (χ0) is 35.3. The average Bonchev–Trinajstić information content (AvgIpc) is 3.78. The normalized spacial score (nSPS) is 11.5. The lowest BCUT2D eigenvalue weighted by Crippen LogP contribution is -2.10. The van der Waals surface area contributed by atoms with Gasteiger partial charge in [0.05, 0.1) is 5.02 Å².